The summed E-state index contributed by atoms with van der Waals surface area (Å²) in [5, 5.41) is 11.9. The molecule has 7 nitrogen and oxygen atoms in total. The molecule has 1 aromatic heterocycles. The third-order valence-electron chi connectivity index (χ3n) is 3.93. The summed E-state index contributed by atoms with van der Waals surface area (Å²) in [4.78, 5) is 12.4. The van der Waals surface area contributed by atoms with E-state index in [9.17, 15) is 18.5 Å². The van der Waals surface area contributed by atoms with Crippen LogP contribution in [0.5, 0.6) is 0 Å². The van der Waals surface area contributed by atoms with Gasteiger partial charge >= 0.3 is 0 Å². The van der Waals surface area contributed by atoms with E-state index in [0.717, 1.165) is 4.47 Å². The fourth-order valence-electron chi connectivity index (χ4n) is 2.44. The van der Waals surface area contributed by atoms with E-state index in [-0.39, 0.29) is 22.8 Å². The first-order chi connectivity index (χ1) is 14.4. The third kappa shape index (κ3) is 5.67. The molecule has 0 fully saturated rings. The number of carbonyl (C=O) groups is 1. The normalized spacial score (nSPS) is 11.7. The highest BCUT2D eigenvalue weighted by atomic mass is 79.9. The lowest BCUT2D eigenvalue weighted by atomic mass is 10.2. The summed E-state index contributed by atoms with van der Waals surface area (Å²) >= 11 is 3.26. The summed E-state index contributed by atoms with van der Waals surface area (Å²) in [7, 11) is -3.70. The Morgan fingerprint density at radius 3 is 2.43 bits per heavy atom. The molecule has 1 amide bonds. The van der Waals surface area contributed by atoms with Gasteiger partial charge in [-0.3, -0.25) is 4.79 Å². The van der Waals surface area contributed by atoms with E-state index in [1.54, 1.807) is 48.5 Å². The number of rotatable bonds is 7. The summed E-state index contributed by atoms with van der Waals surface area (Å²) in [6.07, 6.45) is 1.30. The van der Waals surface area contributed by atoms with Gasteiger partial charge < -0.3 is 9.73 Å². The number of carbonyl (C=O) groups excluding carboxylic acids is 1. The minimum absolute atomic E-state index is 0.0790. The molecule has 2 N–H and O–H groups in total. The summed E-state index contributed by atoms with van der Waals surface area (Å²) < 4.78 is 33.4. The Bertz CT molecular complexity index is 1210. The van der Waals surface area contributed by atoms with Gasteiger partial charge in [0.2, 0.25) is 10.0 Å². The van der Waals surface area contributed by atoms with E-state index in [2.05, 4.69) is 26.0 Å². The average molecular weight is 486 g/mol. The summed E-state index contributed by atoms with van der Waals surface area (Å²) in [6, 6.07) is 19.9. The SMILES string of the molecule is N#C/C(=C/c1ccc(CNS(=O)(=O)c2ccc(Br)cc2)o1)C(=O)Nc1ccccc1. The first kappa shape index (κ1) is 21.5. The Morgan fingerprint density at radius 1 is 1.07 bits per heavy atom. The molecular formula is C21H16BrN3O4S. The van der Waals surface area contributed by atoms with Crippen LogP contribution in [0.1, 0.15) is 11.5 Å². The molecule has 0 atom stereocenters. The zero-order chi connectivity index (χ0) is 21.6. The van der Waals surface area contributed by atoms with Crippen LogP contribution in [0.15, 0.2) is 86.1 Å². The van der Waals surface area contributed by atoms with Crippen molar-refractivity contribution in [3.8, 4) is 6.07 Å². The molecule has 0 aliphatic rings. The number of furan rings is 1. The summed E-state index contributed by atoms with van der Waals surface area (Å²) in [5.41, 5.74) is 0.418. The Morgan fingerprint density at radius 2 is 1.77 bits per heavy atom. The van der Waals surface area contributed by atoms with Crippen LogP contribution < -0.4 is 10.0 Å². The van der Waals surface area contributed by atoms with Crippen molar-refractivity contribution in [2.75, 3.05) is 5.32 Å². The maximum atomic E-state index is 12.3. The lowest BCUT2D eigenvalue weighted by molar-refractivity contribution is -0.112. The Hall–Kier alpha value is -3.19. The molecule has 0 radical (unpaired) electrons. The van der Waals surface area contributed by atoms with Crippen molar-refractivity contribution in [2.24, 2.45) is 0 Å². The fraction of sp³-hybridized carbons (Fsp3) is 0.0476. The molecule has 30 heavy (non-hydrogen) atoms. The summed E-state index contributed by atoms with van der Waals surface area (Å²) in [6.45, 7) is -0.0790. The molecule has 9 heteroatoms. The van der Waals surface area contributed by atoms with Crippen molar-refractivity contribution in [2.45, 2.75) is 11.4 Å². The van der Waals surface area contributed by atoms with Gasteiger partial charge in [-0.25, -0.2) is 13.1 Å². The van der Waals surface area contributed by atoms with Crippen molar-refractivity contribution in [3.63, 3.8) is 0 Å². The number of nitrogens with one attached hydrogen (secondary N) is 2. The highest BCUT2D eigenvalue weighted by Crippen LogP contribution is 2.17. The molecule has 0 aliphatic carbocycles. The number of anilines is 1. The van der Waals surface area contributed by atoms with Gasteiger partial charge in [-0.2, -0.15) is 5.26 Å². The van der Waals surface area contributed by atoms with Crippen LogP contribution in [0, 0.1) is 11.3 Å². The molecule has 3 aromatic rings. The van der Waals surface area contributed by atoms with Gasteiger partial charge in [-0.05, 0) is 48.5 Å². The van der Waals surface area contributed by atoms with E-state index in [4.69, 9.17) is 4.42 Å². The number of amides is 1. The highest BCUT2D eigenvalue weighted by molar-refractivity contribution is 9.10. The maximum absolute atomic E-state index is 12.3. The number of para-hydroxylation sites is 1. The first-order valence-electron chi connectivity index (χ1n) is 8.69. The van der Waals surface area contributed by atoms with Crippen LogP contribution >= 0.6 is 15.9 Å². The number of halogens is 1. The van der Waals surface area contributed by atoms with Crippen molar-refractivity contribution >= 4 is 43.6 Å². The Balaban J connectivity index is 1.67. The fourth-order valence-corrected chi connectivity index (χ4v) is 3.70. The standard InChI is InChI=1S/C21H16BrN3O4S/c22-16-6-10-20(11-7-16)30(27,28)24-14-19-9-8-18(29-19)12-15(13-23)21(26)25-17-4-2-1-3-5-17/h1-12,24H,14H2,(H,25,26)/b15-12-. The Kier molecular flexibility index (Phi) is 6.84. The van der Waals surface area contributed by atoms with Crippen molar-refractivity contribution in [1.29, 1.82) is 5.26 Å². The summed E-state index contributed by atoms with van der Waals surface area (Å²) in [5.74, 6) is 0.0212. The van der Waals surface area contributed by atoms with E-state index in [0.29, 0.717) is 11.4 Å². The monoisotopic (exact) mass is 485 g/mol. The van der Waals surface area contributed by atoms with Gasteiger partial charge in [-0.15, -0.1) is 0 Å². The minimum atomic E-state index is -3.70. The smallest absolute Gasteiger partial charge is 0.266 e. The number of hydrogen-bond donors (Lipinski definition) is 2. The third-order valence-corrected chi connectivity index (χ3v) is 5.87. The maximum Gasteiger partial charge on any atom is 0.266 e. The first-order valence-corrected chi connectivity index (χ1v) is 11.0. The molecule has 0 saturated heterocycles. The van der Waals surface area contributed by atoms with Crippen LogP contribution in [-0.4, -0.2) is 14.3 Å². The molecular weight excluding hydrogens is 470 g/mol. The molecule has 0 spiro atoms. The van der Waals surface area contributed by atoms with Gasteiger partial charge in [0.25, 0.3) is 5.91 Å². The minimum Gasteiger partial charge on any atom is -0.460 e. The van der Waals surface area contributed by atoms with Crippen molar-refractivity contribution in [1.82, 2.24) is 4.72 Å². The average Bonchev–Trinajstić information content (AvgIpc) is 3.19. The predicted molar refractivity (Wildman–Crippen MR) is 116 cm³/mol. The van der Waals surface area contributed by atoms with Crippen molar-refractivity contribution < 1.29 is 17.6 Å². The van der Waals surface area contributed by atoms with Crippen LogP contribution in [0.3, 0.4) is 0 Å². The second-order valence-electron chi connectivity index (χ2n) is 6.07. The molecule has 0 saturated carbocycles. The molecule has 0 aliphatic heterocycles. The van der Waals surface area contributed by atoms with E-state index in [1.165, 1.54) is 18.2 Å². The lowest BCUT2D eigenvalue weighted by Gasteiger charge is -2.05. The molecule has 152 valence electrons. The molecule has 3 rings (SSSR count). The van der Waals surface area contributed by atoms with Gasteiger partial charge in [-0.1, -0.05) is 34.1 Å². The lowest BCUT2D eigenvalue weighted by Crippen LogP contribution is -2.22. The van der Waals surface area contributed by atoms with Crippen LogP contribution in [0.25, 0.3) is 6.08 Å². The number of benzene rings is 2. The second-order valence-corrected chi connectivity index (χ2v) is 8.76. The van der Waals surface area contributed by atoms with Gasteiger partial charge in [0, 0.05) is 16.2 Å². The molecule has 0 unspecified atom stereocenters. The van der Waals surface area contributed by atoms with Gasteiger partial charge in [0.05, 0.1) is 11.4 Å². The van der Waals surface area contributed by atoms with Crippen LogP contribution in [-0.2, 0) is 21.4 Å². The number of sulfonamides is 1. The van der Waals surface area contributed by atoms with Crippen LogP contribution in [0.4, 0.5) is 5.69 Å². The van der Waals surface area contributed by atoms with Gasteiger partial charge in [0.1, 0.15) is 23.2 Å². The number of nitrogens with zero attached hydrogens (tertiary/aromatic N) is 1. The predicted octanol–water partition coefficient (Wildman–Crippen LogP) is 4.07. The highest BCUT2D eigenvalue weighted by Gasteiger charge is 2.15. The van der Waals surface area contributed by atoms with E-state index < -0.39 is 15.9 Å². The number of nitriles is 1. The van der Waals surface area contributed by atoms with E-state index in [1.807, 2.05) is 12.1 Å². The zero-order valence-electron chi connectivity index (χ0n) is 15.5. The van der Waals surface area contributed by atoms with Gasteiger partial charge in [0.15, 0.2) is 0 Å². The second kappa shape index (κ2) is 9.54. The largest absolute Gasteiger partial charge is 0.460 e. The number of hydrogen-bond acceptors (Lipinski definition) is 5. The Labute approximate surface area is 182 Å². The molecule has 2 aromatic carbocycles. The molecule has 1 heterocycles. The van der Waals surface area contributed by atoms with Crippen LogP contribution in [0.2, 0.25) is 0 Å². The van der Waals surface area contributed by atoms with E-state index >= 15 is 0 Å². The molecule has 0 bridgehead atoms. The quantitative estimate of drug-likeness (QED) is 0.386. The zero-order valence-corrected chi connectivity index (χ0v) is 17.9. The van der Waals surface area contributed by atoms with Crippen molar-refractivity contribution in [3.05, 3.63) is 88.3 Å². The topological polar surface area (TPSA) is 112 Å².